The molecule has 2 rings (SSSR count). The van der Waals surface area contributed by atoms with Crippen LogP contribution in [0.15, 0.2) is 12.1 Å². The second-order valence-corrected chi connectivity index (χ2v) is 3.30. The highest BCUT2D eigenvalue weighted by atomic mass is 35.5. The zero-order valence-electron chi connectivity index (χ0n) is 6.53. The van der Waals surface area contributed by atoms with Crippen LogP contribution in [-0.2, 0) is 13.0 Å². The van der Waals surface area contributed by atoms with Gasteiger partial charge in [-0.25, -0.2) is 4.39 Å². The first kappa shape index (κ1) is 8.02. The summed E-state index contributed by atoms with van der Waals surface area (Å²) in [7, 11) is 0. The van der Waals surface area contributed by atoms with Crippen molar-refractivity contribution < 1.29 is 4.39 Å². The first-order valence-corrected chi connectivity index (χ1v) is 4.33. The number of fused-ring (bicyclic) bond motifs is 1. The number of benzene rings is 1. The largest absolute Gasteiger partial charge is 0.312 e. The average molecular weight is 186 g/mol. The molecule has 1 aromatic rings. The Kier molecular flexibility index (Phi) is 2.03. The maximum Gasteiger partial charge on any atom is 0.142 e. The van der Waals surface area contributed by atoms with Crippen LogP contribution in [0.5, 0.6) is 0 Å². The van der Waals surface area contributed by atoms with E-state index in [9.17, 15) is 4.39 Å². The molecule has 0 saturated heterocycles. The monoisotopic (exact) mass is 185 g/mol. The second-order valence-electron chi connectivity index (χ2n) is 2.93. The van der Waals surface area contributed by atoms with Crippen molar-refractivity contribution in [2.45, 2.75) is 13.0 Å². The van der Waals surface area contributed by atoms with E-state index in [0.717, 1.165) is 18.5 Å². The molecule has 0 spiro atoms. The Labute approximate surface area is 75.5 Å². The quantitative estimate of drug-likeness (QED) is 0.653. The lowest BCUT2D eigenvalue weighted by Gasteiger charge is -2.18. The molecule has 0 radical (unpaired) electrons. The molecule has 0 bridgehead atoms. The van der Waals surface area contributed by atoms with Crippen molar-refractivity contribution in [2.24, 2.45) is 0 Å². The van der Waals surface area contributed by atoms with Crippen LogP contribution in [0, 0.1) is 5.82 Å². The van der Waals surface area contributed by atoms with Gasteiger partial charge in [-0.05, 0) is 30.2 Å². The fourth-order valence-corrected chi connectivity index (χ4v) is 1.75. The summed E-state index contributed by atoms with van der Waals surface area (Å²) in [5, 5.41) is 3.44. The molecule has 0 atom stereocenters. The predicted molar refractivity (Wildman–Crippen MR) is 46.8 cm³/mol. The van der Waals surface area contributed by atoms with E-state index < -0.39 is 0 Å². The molecule has 64 valence electrons. The number of hydrogen-bond acceptors (Lipinski definition) is 1. The molecule has 1 N–H and O–H groups in total. The molecule has 0 fully saturated rings. The van der Waals surface area contributed by atoms with Crippen molar-refractivity contribution in [1.29, 1.82) is 0 Å². The molecule has 0 aromatic heterocycles. The predicted octanol–water partition coefficient (Wildman–Crippen LogP) is 2.12. The number of halogens is 2. The van der Waals surface area contributed by atoms with Crippen LogP contribution < -0.4 is 5.32 Å². The van der Waals surface area contributed by atoms with Crippen LogP contribution in [0.2, 0.25) is 5.02 Å². The van der Waals surface area contributed by atoms with E-state index in [1.54, 1.807) is 0 Å². The summed E-state index contributed by atoms with van der Waals surface area (Å²) < 4.78 is 12.9. The molecular weight excluding hydrogens is 177 g/mol. The highest BCUT2D eigenvalue weighted by Crippen LogP contribution is 2.25. The SMILES string of the molecule is Fc1ccc2c(c1Cl)CNCC2. The Morgan fingerprint density at radius 3 is 3.08 bits per heavy atom. The van der Waals surface area contributed by atoms with Crippen molar-refractivity contribution in [1.82, 2.24) is 5.32 Å². The maximum atomic E-state index is 12.9. The molecule has 3 heteroatoms. The lowest BCUT2D eigenvalue weighted by atomic mass is 10.0. The van der Waals surface area contributed by atoms with Crippen LogP contribution in [0.25, 0.3) is 0 Å². The summed E-state index contributed by atoms with van der Waals surface area (Å²) in [5.74, 6) is -0.320. The Morgan fingerprint density at radius 2 is 2.25 bits per heavy atom. The molecular formula is C9H9ClFN. The highest BCUT2D eigenvalue weighted by molar-refractivity contribution is 6.31. The third kappa shape index (κ3) is 1.21. The Hall–Kier alpha value is -0.600. The minimum atomic E-state index is -0.320. The second kappa shape index (κ2) is 3.04. The van der Waals surface area contributed by atoms with E-state index >= 15 is 0 Å². The third-order valence-electron chi connectivity index (χ3n) is 2.17. The Morgan fingerprint density at radius 1 is 1.42 bits per heavy atom. The summed E-state index contributed by atoms with van der Waals surface area (Å²) in [5.41, 5.74) is 2.09. The molecule has 1 nitrogen and oxygen atoms in total. The van der Waals surface area contributed by atoms with Crippen LogP contribution in [-0.4, -0.2) is 6.54 Å². The normalized spacial score (nSPS) is 15.8. The number of hydrogen-bond donors (Lipinski definition) is 1. The minimum Gasteiger partial charge on any atom is -0.312 e. The van der Waals surface area contributed by atoms with Gasteiger partial charge in [-0.15, -0.1) is 0 Å². The van der Waals surface area contributed by atoms with Gasteiger partial charge in [0, 0.05) is 6.54 Å². The van der Waals surface area contributed by atoms with E-state index in [0.29, 0.717) is 6.54 Å². The third-order valence-corrected chi connectivity index (χ3v) is 2.57. The smallest absolute Gasteiger partial charge is 0.142 e. The standard InChI is InChI=1S/C9H9ClFN/c10-9-7-5-12-4-3-6(7)1-2-8(9)11/h1-2,12H,3-5H2. The van der Waals surface area contributed by atoms with E-state index in [1.807, 2.05) is 6.07 Å². The number of nitrogens with one attached hydrogen (secondary N) is 1. The van der Waals surface area contributed by atoms with Crippen molar-refractivity contribution in [3.8, 4) is 0 Å². The van der Waals surface area contributed by atoms with Gasteiger partial charge in [0.05, 0.1) is 5.02 Å². The fraction of sp³-hybridized carbons (Fsp3) is 0.333. The van der Waals surface area contributed by atoms with Crippen LogP contribution in [0.3, 0.4) is 0 Å². The first-order chi connectivity index (χ1) is 5.79. The van der Waals surface area contributed by atoms with Gasteiger partial charge < -0.3 is 5.32 Å². The lowest BCUT2D eigenvalue weighted by molar-refractivity contribution is 0.605. The van der Waals surface area contributed by atoms with Crippen molar-refractivity contribution >= 4 is 11.6 Å². The first-order valence-electron chi connectivity index (χ1n) is 3.95. The molecule has 1 aliphatic heterocycles. The molecule has 12 heavy (non-hydrogen) atoms. The molecule has 1 heterocycles. The molecule has 0 unspecified atom stereocenters. The van der Waals surface area contributed by atoms with Gasteiger partial charge in [-0.3, -0.25) is 0 Å². The lowest BCUT2D eigenvalue weighted by Crippen LogP contribution is -2.24. The van der Waals surface area contributed by atoms with Gasteiger partial charge in [-0.2, -0.15) is 0 Å². The van der Waals surface area contributed by atoms with Crippen LogP contribution >= 0.6 is 11.6 Å². The van der Waals surface area contributed by atoms with Gasteiger partial charge >= 0.3 is 0 Å². The zero-order valence-corrected chi connectivity index (χ0v) is 7.29. The molecule has 0 aliphatic carbocycles. The van der Waals surface area contributed by atoms with Gasteiger partial charge in [0.15, 0.2) is 0 Å². The van der Waals surface area contributed by atoms with Gasteiger partial charge in [0.1, 0.15) is 5.82 Å². The summed E-state index contributed by atoms with van der Waals surface area (Å²) in [6, 6.07) is 3.25. The number of rotatable bonds is 0. The maximum absolute atomic E-state index is 12.9. The molecule has 0 amide bonds. The van der Waals surface area contributed by atoms with Crippen LogP contribution in [0.1, 0.15) is 11.1 Å². The highest BCUT2D eigenvalue weighted by Gasteiger charge is 2.14. The van der Waals surface area contributed by atoms with Gasteiger partial charge in [0.2, 0.25) is 0 Å². The Balaban J connectivity index is 2.54. The van der Waals surface area contributed by atoms with Crippen molar-refractivity contribution in [3.05, 3.63) is 34.1 Å². The van der Waals surface area contributed by atoms with E-state index in [2.05, 4.69) is 5.32 Å². The molecule has 1 aliphatic rings. The Bertz CT molecular complexity index is 312. The summed E-state index contributed by atoms with van der Waals surface area (Å²) in [6.45, 7) is 1.64. The van der Waals surface area contributed by atoms with E-state index in [-0.39, 0.29) is 10.8 Å². The van der Waals surface area contributed by atoms with Gasteiger partial charge in [0.25, 0.3) is 0 Å². The average Bonchev–Trinajstić information content (AvgIpc) is 2.12. The van der Waals surface area contributed by atoms with Crippen LogP contribution in [0.4, 0.5) is 4.39 Å². The summed E-state index contributed by atoms with van der Waals surface area (Å²) in [6.07, 6.45) is 0.940. The summed E-state index contributed by atoms with van der Waals surface area (Å²) in [4.78, 5) is 0. The summed E-state index contributed by atoms with van der Waals surface area (Å²) >= 11 is 5.80. The van der Waals surface area contributed by atoms with E-state index in [4.69, 9.17) is 11.6 Å². The zero-order chi connectivity index (χ0) is 8.55. The molecule has 0 saturated carbocycles. The minimum absolute atomic E-state index is 0.278. The van der Waals surface area contributed by atoms with E-state index in [1.165, 1.54) is 11.6 Å². The van der Waals surface area contributed by atoms with Crippen molar-refractivity contribution in [3.63, 3.8) is 0 Å². The fourth-order valence-electron chi connectivity index (χ4n) is 1.49. The topological polar surface area (TPSA) is 12.0 Å². The van der Waals surface area contributed by atoms with Crippen molar-refractivity contribution in [2.75, 3.05) is 6.54 Å². The van der Waals surface area contributed by atoms with Gasteiger partial charge in [-0.1, -0.05) is 17.7 Å². The molecule has 1 aromatic carbocycles.